The number of carboxylic acids is 1. The Bertz CT molecular complexity index is 464. The lowest BCUT2D eigenvalue weighted by atomic mass is 10.0. The van der Waals surface area contributed by atoms with Gasteiger partial charge in [0.25, 0.3) is 0 Å². The fraction of sp³-hybridized carbons (Fsp3) is 0.786. The minimum Gasteiger partial charge on any atom is -0.480 e. The van der Waals surface area contributed by atoms with Gasteiger partial charge < -0.3 is 20.5 Å². The SMILES string of the molecule is COC(=O)C[C@H](NC(=O)NC1C2C3CCC(C3)C12)C(=O)O. The average Bonchev–Trinajstić information content (AvgIpc) is 2.84. The smallest absolute Gasteiger partial charge is 0.326 e. The molecule has 0 aliphatic heterocycles. The van der Waals surface area contributed by atoms with E-state index < -0.39 is 24.0 Å². The Morgan fingerprint density at radius 3 is 2.38 bits per heavy atom. The number of urea groups is 1. The van der Waals surface area contributed by atoms with Crippen molar-refractivity contribution in [3.63, 3.8) is 0 Å². The van der Waals surface area contributed by atoms with Crippen LogP contribution in [0.1, 0.15) is 25.7 Å². The van der Waals surface area contributed by atoms with E-state index in [2.05, 4.69) is 15.4 Å². The number of rotatable bonds is 5. The molecule has 0 aromatic heterocycles. The van der Waals surface area contributed by atoms with Gasteiger partial charge in [0, 0.05) is 6.04 Å². The van der Waals surface area contributed by atoms with Crippen molar-refractivity contribution in [2.24, 2.45) is 23.7 Å². The molecule has 2 amide bonds. The topological polar surface area (TPSA) is 105 Å². The number of ether oxygens (including phenoxy) is 1. The van der Waals surface area contributed by atoms with Crippen molar-refractivity contribution < 1.29 is 24.2 Å². The Morgan fingerprint density at radius 2 is 1.86 bits per heavy atom. The zero-order valence-electron chi connectivity index (χ0n) is 11.9. The number of nitrogens with one attached hydrogen (secondary N) is 2. The normalized spacial score (nSPS) is 36.5. The molecule has 0 saturated heterocycles. The molecule has 0 heterocycles. The third-order valence-electron chi connectivity index (χ3n) is 5.23. The molecule has 21 heavy (non-hydrogen) atoms. The molecule has 3 saturated carbocycles. The van der Waals surface area contributed by atoms with Gasteiger partial charge in [-0.15, -0.1) is 0 Å². The van der Waals surface area contributed by atoms with Crippen molar-refractivity contribution in [2.45, 2.75) is 37.8 Å². The fourth-order valence-corrected chi connectivity index (χ4v) is 4.32. The Kier molecular flexibility index (Phi) is 3.51. The minimum absolute atomic E-state index is 0.184. The highest BCUT2D eigenvalue weighted by Gasteiger charge is 2.65. The molecule has 3 aliphatic carbocycles. The van der Waals surface area contributed by atoms with Crippen LogP contribution in [-0.4, -0.2) is 42.3 Å². The molecule has 0 aromatic rings. The van der Waals surface area contributed by atoms with E-state index in [1.54, 1.807) is 0 Å². The predicted molar refractivity (Wildman–Crippen MR) is 71.3 cm³/mol. The van der Waals surface area contributed by atoms with E-state index >= 15 is 0 Å². The monoisotopic (exact) mass is 296 g/mol. The number of methoxy groups -OCH3 is 1. The number of aliphatic carboxylic acids is 1. The maximum absolute atomic E-state index is 11.9. The molecule has 2 bridgehead atoms. The molecular weight excluding hydrogens is 276 g/mol. The first-order valence-corrected chi connectivity index (χ1v) is 7.38. The summed E-state index contributed by atoms with van der Waals surface area (Å²) in [4.78, 5) is 34.1. The molecule has 0 aromatic carbocycles. The van der Waals surface area contributed by atoms with Crippen LogP contribution in [0.25, 0.3) is 0 Å². The Morgan fingerprint density at radius 1 is 1.24 bits per heavy atom. The van der Waals surface area contributed by atoms with E-state index in [0.717, 1.165) is 11.8 Å². The molecule has 3 rings (SSSR count). The van der Waals surface area contributed by atoms with Crippen LogP contribution in [0.4, 0.5) is 4.79 Å². The highest BCUT2D eigenvalue weighted by atomic mass is 16.5. The molecule has 3 fully saturated rings. The van der Waals surface area contributed by atoms with Crippen molar-refractivity contribution in [1.29, 1.82) is 0 Å². The highest BCUT2D eigenvalue weighted by molar-refractivity contribution is 5.86. The first kappa shape index (κ1) is 14.2. The Balaban J connectivity index is 1.49. The number of fused-ring (bicyclic) bond motifs is 5. The van der Waals surface area contributed by atoms with Crippen molar-refractivity contribution in [1.82, 2.24) is 10.6 Å². The summed E-state index contributed by atoms with van der Waals surface area (Å²) in [6.45, 7) is 0. The molecule has 3 N–H and O–H groups in total. The van der Waals surface area contributed by atoms with Gasteiger partial charge in [-0.1, -0.05) is 0 Å². The molecule has 7 nitrogen and oxygen atoms in total. The largest absolute Gasteiger partial charge is 0.480 e. The number of carbonyl (C=O) groups excluding carboxylic acids is 2. The average molecular weight is 296 g/mol. The second-order valence-electron chi connectivity index (χ2n) is 6.30. The number of carboxylic acid groups (broad SMARTS) is 1. The van der Waals surface area contributed by atoms with E-state index in [-0.39, 0.29) is 12.5 Å². The van der Waals surface area contributed by atoms with Gasteiger partial charge in [0.1, 0.15) is 6.04 Å². The van der Waals surface area contributed by atoms with Crippen LogP contribution in [0.2, 0.25) is 0 Å². The van der Waals surface area contributed by atoms with E-state index in [1.807, 2.05) is 0 Å². The standard InChI is InChI=1S/C14H20N2O5/c1-21-9(17)5-8(13(18)19)15-14(20)16-12-10-6-2-3-7(4-6)11(10)12/h6-8,10-12H,2-5H2,1H3,(H,18,19)(H2,15,16,20)/t6?,7?,8-,10?,11?,12?/m0/s1. The third-order valence-corrected chi connectivity index (χ3v) is 5.23. The number of hydrogen-bond donors (Lipinski definition) is 3. The van der Waals surface area contributed by atoms with Gasteiger partial charge in [-0.3, -0.25) is 4.79 Å². The summed E-state index contributed by atoms with van der Waals surface area (Å²) in [5.41, 5.74) is 0. The van der Waals surface area contributed by atoms with Crippen molar-refractivity contribution in [3.05, 3.63) is 0 Å². The summed E-state index contributed by atoms with van der Waals surface area (Å²) in [5, 5.41) is 14.2. The quantitative estimate of drug-likeness (QED) is 0.635. The number of carbonyl (C=O) groups is 3. The van der Waals surface area contributed by atoms with Crippen LogP contribution < -0.4 is 10.6 Å². The van der Waals surface area contributed by atoms with Gasteiger partial charge in [0.15, 0.2) is 0 Å². The lowest BCUT2D eigenvalue weighted by Crippen LogP contribution is -2.48. The van der Waals surface area contributed by atoms with E-state index in [1.165, 1.54) is 26.4 Å². The Hall–Kier alpha value is -1.79. The lowest BCUT2D eigenvalue weighted by Gasteiger charge is -2.15. The zero-order valence-corrected chi connectivity index (χ0v) is 11.9. The van der Waals surface area contributed by atoms with E-state index in [9.17, 15) is 14.4 Å². The van der Waals surface area contributed by atoms with Gasteiger partial charge in [0.2, 0.25) is 0 Å². The van der Waals surface area contributed by atoms with Gasteiger partial charge >= 0.3 is 18.0 Å². The molecule has 7 heteroatoms. The molecule has 116 valence electrons. The highest BCUT2D eigenvalue weighted by Crippen LogP contribution is 2.65. The van der Waals surface area contributed by atoms with Crippen molar-refractivity contribution in [3.8, 4) is 0 Å². The predicted octanol–water partition coefficient (Wildman–Crippen LogP) is 0.346. The molecular formula is C14H20N2O5. The summed E-state index contributed by atoms with van der Waals surface area (Å²) in [6.07, 6.45) is 3.43. The molecule has 0 spiro atoms. The van der Waals surface area contributed by atoms with Crippen LogP contribution in [0.3, 0.4) is 0 Å². The summed E-state index contributed by atoms with van der Waals surface area (Å²) < 4.78 is 4.43. The fourth-order valence-electron chi connectivity index (χ4n) is 4.32. The zero-order chi connectivity index (χ0) is 15.1. The maximum Gasteiger partial charge on any atom is 0.326 e. The van der Waals surface area contributed by atoms with Gasteiger partial charge in [-0.2, -0.15) is 0 Å². The number of hydrogen-bond acceptors (Lipinski definition) is 4. The molecule has 5 atom stereocenters. The first-order valence-electron chi connectivity index (χ1n) is 7.38. The number of amides is 2. The van der Waals surface area contributed by atoms with Crippen LogP contribution >= 0.6 is 0 Å². The van der Waals surface area contributed by atoms with Gasteiger partial charge in [0.05, 0.1) is 13.5 Å². The molecule has 3 aliphatic rings. The van der Waals surface area contributed by atoms with Crippen LogP contribution in [0.15, 0.2) is 0 Å². The summed E-state index contributed by atoms with van der Waals surface area (Å²) >= 11 is 0. The van der Waals surface area contributed by atoms with Crippen molar-refractivity contribution >= 4 is 18.0 Å². The Labute approximate surface area is 122 Å². The second kappa shape index (κ2) is 5.20. The third kappa shape index (κ3) is 2.56. The maximum atomic E-state index is 11.9. The number of esters is 1. The van der Waals surface area contributed by atoms with E-state index in [0.29, 0.717) is 11.8 Å². The van der Waals surface area contributed by atoms with Gasteiger partial charge in [-0.05, 0) is 42.9 Å². The second-order valence-corrected chi connectivity index (χ2v) is 6.30. The minimum atomic E-state index is -1.26. The van der Waals surface area contributed by atoms with E-state index in [4.69, 9.17) is 5.11 Å². The van der Waals surface area contributed by atoms with Crippen LogP contribution in [-0.2, 0) is 14.3 Å². The summed E-state index contributed by atoms with van der Waals surface area (Å²) in [6, 6.07) is -1.58. The summed E-state index contributed by atoms with van der Waals surface area (Å²) in [7, 11) is 1.18. The van der Waals surface area contributed by atoms with Crippen LogP contribution in [0.5, 0.6) is 0 Å². The summed E-state index contributed by atoms with van der Waals surface area (Å²) in [5.74, 6) is 0.721. The molecule has 4 unspecified atom stereocenters. The van der Waals surface area contributed by atoms with Crippen molar-refractivity contribution in [2.75, 3.05) is 7.11 Å². The molecule has 0 radical (unpaired) electrons. The lowest BCUT2D eigenvalue weighted by molar-refractivity contribution is -0.147. The first-order chi connectivity index (χ1) is 10.0. The van der Waals surface area contributed by atoms with Gasteiger partial charge in [-0.25, -0.2) is 9.59 Å². The van der Waals surface area contributed by atoms with Crippen LogP contribution in [0, 0.1) is 23.7 Å².